The van der Waals surface area contributed by atoms with Crippen molar-refractivity contribution in [1.82, 2.24) is 10.2 Å². The number of carbonyl (C=O) groups excluding carboxylic acids is 2. The van der Waals surface area contributed by atoms with Crippen molar-refractivity contribution in [2.45, 2.75) is 71.5 Å². The van der Waals surface area contributed by atoms with E-state index in [1.807, 2.05) is 47.6 Å². The zero-order valence-corrected chi connectivity index (χ0v) is 25.0. The maximum absolute atomic E-state index is 14.0. The summed E-state index contributed by atoms with van der Waals surface area (Å²) in [6, 6.07) is 16.4. The van der Waals surface area contributed by atoms with Gasteiger partial charge in [0, 0.05) is 12.1 Å². The summed E-state index contributed by atoms with van der Waals surface area (Å²) < 4.78 is 42.7. The van der Waals surface area contributed by atoms with Gasteiger partial charge in [0.1, 0.15) is 18.4 Å². The summed E-state index contributed by atoms with van der Waals surface area (Å²) in [6.45, 7) is 12.1. The van der Waals surface area contributed by atoms with Crippen LogP contribution in [-0.2, 0) is 26.2 Å². The van der Waals surface area contributed by atoms with Gasteiger partial charge in [0.05, 0.1) is 10.6 Å². The molecule has 3 aromatic rings. The Bertz CT molecular complexity index is 1460. The SMILES string of the molecule is Cc1ccc(S(=O)(=O)N(CC(=O)N(Cc2ccc(F)cc2)[C@@H](C)C(=O)NC(C)(C)C)c2cccc(C)c2C)cc1. The van der Waals surface area contributed by atoms with Gasteiger partial charge in [0.2, 0.25) is 11.8 Å². The maximum atomic E-state index is 14.0. The first kappa shape index (κ1) is 30.8. The van der Waals surface area contributed by atoms with E-state index in [9.17, 15) is 22.4 Å². The minimum Gasteiger partial charge on any atom is -0.350 e. The number of hydrogen-bond donors (Lipinski definition) is 1. The fourth-order valence-corrected chi connectivity index (χ4v) is 5.67. The number of benzene rings is 3. The summed E-state index contributed by atoms with van der Waals surface area (Å²) >= 11 is 0. The van der Waals surface area contributed by atoms with Crippen LogP contribution in [0.3, 0.4) is 0 Å². The van der Waals surface area contributed by atoms with Crippen LogP contribution < -0.4 is 9.62 Å². The smallest absolute Gasteiger partial charge is 0.264 e. The summed E-state index contributed by atoms with van der Waals surface area (Å²) in [5.41, 5.74) is 2.92. The van der Waals surface area contributed by atoms with Gasteiger partial charge in [0.25, 0.3) is 10.0 Å². The third kappa shape index (κ3) is 7.47. The van der Waals surface area contributed by atoms with E-state index < -0.39 is 39.9 Å². The van der Waals surface area contributed by atoms with E-state index in [4.69, 9.17) is 0 Å². The Labute approximate surface area is 237 Å². The van der Waals surface area contributed by atoms with E-state index in [-0.39, 0.29) is 17.3 Å². The molecule has 1 atom stereocenters. The number of nitrogens with one attached hydrogen (secondary N) is 1. The van der Waals surface area contributed by atoms with Crippen molar-refractivity contribution in [1.29, 1.82) is 0 Å². The van der Waals surface area contributed by atoms with Gasteiger partial charge in [-0.05, 0) is 95.5 Å². The van der Waals surface area contributed by atoms with Crippen molar-refractivity contribution in [3.8, 4) is 0 Å². The first-order chi connectivity index (χ1) is 18.6. The molecular weight excluding hydrogens is 529 g/mol. The lowest BCUT2D eigenvalue weighted by molar-refractivity contribution is -0.140. The lowest BCUT2D eigenvalue weighted by atomic mass is 10.1. The monoisotopic (exact) mass is 567 g/mol. The zero-order valence-electron chi connectivity index (χ0n) is 24.2. The molecule has 3 aromatic carbocycles. The Morgan fingerprint density at radius 2 is 1.52 bits per heavy atom. The van der Waals surface area contributed by atoms with Gasteiger partial charge in [0.15, 0.2) is 0 Å². The molecule has 0 aliphatic carbocycles. The molecule has 0 saturated carbocycles. The number of carbonyl (C=O) groups is 2. The second kappa shape index (κ2) is 12.2. The second-order valence-corrected chi connectivity index (χ2v) is 13.0. The molecule has 0 bridgehead atoms. The molecule has 9 heteroatoms. The van der Waals surface area contributed by atoms with Crippen LogP contribution in [0.5, 0.6) is 0 Å². The third-order valence-corrected chi connectivity index (χ3v) is 8.44. The Morgan fingerprint density at radius 1 is 0.925 bits per heavy atom. The summed E-state index contributed by atoms with van der Waals surface area (Å²) in [6.07, 6.45) is 0. The van der Waals surface area contributed by atoms with Crippen LogP contribution >= 0.6 is 0 Å². The predicted molar refractivity (Wildman–Crippen MR) is 156 cm³/mol. The molecule has 1 N–H and O–H groups in total. The van der Waals surface area contributed by atoms with Crippen LogP contribution in [0.25, 0.3) is 0 Å². The van der Waals surface area contributed by atoms with Crippen molar-refractivity contribution in [3.05, 3.63) is 94.8 Å². The van der Waals surface area contributed by atoms with E-state index in [1.165, 1.54) is 41.3 Å². The average Bonchev–Trinajstić information content (AvgIpc) is 2.87. The molecule has 0 aliphatic rings. The topological polar surface area (TPSA) is 86.8 Å². The van der Waals surface area contributed by atoms with Gasteiger partial charge in [-0.3, -0.25) is 13.9 Å². The lowest BCUT2D eigenvalue weighted by Crippen LogP contribution is -2.54. The molecular formula is C31H38FN3O4S. The number of anilines is 1. The molecule has 0 radical (unpaired) electrons. The summed E-state index contributed by atoms with van der Waals surface area (Å²) in [4.78, 5) is 28.5. The number of amides is 2. The van der Waals surface area contributed by atoms with E-state index in [0.717, 1.165) is 21.0 Å². The zero-order chi connectivity index (χ0) is 29.8. The molecule has 214 valence electrons. The molecule has 0 unspecified atom stereocenters. The van der Waals surface area contributed by atoms with Crippen molar-refractivity contribution in [2.75, 3.05) is 10.8 Å². The largest absolute Gasteiger partial charge is 0.350 e. The van der Waals surface area contributed by atoms with Crippen LogP contribution in [0.1, 0.15) is 49.9 Å². The van der Waals surface area contributed by atoms with Crippen LogP contribution in [0.15, 0.2) is 71.6 Å². The van der Waals surface area contributed by atoms with Gasteiger partial charge < -0.3 is 10.2 Å². The Balaban J connectivity index is 2.08. The summed E-state index contributed by atoms with van der Waals surface area (Å²) in [5, 5.41) is 2.89. The second-order valence-electron chi connectivity index (χ2n) is 11.1. The van der Waals surface area contributed by atoms with Gasteiger partial charge in [-0.15, -0.1) is 0 Å². The van der Waals surface area contributed by atoms with Gasteiger partial charge in [-0.25, -0.2) is 12.8 Å². The number of sulfonamides is 1. The van der Waals surface area contributed by atoms with Crippen LogP contribution in [-0.4, -0.2) is 43.3 Å². The van der Waals surface area contributed by atoms with E-state index in [0.29, 0.717) is 11.3 Å². The molecule has 0 spiro atoms. The van der Waals surface area contributed by atoms with E-state index in [2.05, 4.69) is 5.32 Å². The molecule has 0 aromatic heterocycles. The van der Waals surface area contributed by atoms with Gasteiger partial charge in [-0.1, -0.05) is 42.0 Å². The number of rotatable bonds is 9. The van der Waals surface area contributed by atoms with E-state index >= 15 is 0 Å². The first-order valence-corrected chi connectivity index (χ1v) is 14.6. The van der Waals surface area contributed by atoms with Crippen molar-refractivity contribution in [3.63, 3.8) is 0 Å². The number of nitrogens with zero attached hydrogens (tertiary/aromatic N) is 2. The highest BCUT2D eigenvalue weighted by molar-refractivity contribution is 7.92. The Kier molecular flexibility index (Phi) is 9.40. The number of aryl methyl sites for hydroxylation is 2. The van der Waals surface area contributed by atoms with E-state index in [1.54, 1.807) is 31.2 Å². The quantitative estimate of drug-likeness (QED) is 0.381. The van der Waals surface area contributed by atoms with Crippen LogP contribution in [0.2, 0.25) is 0 Å². The first-order valence-electron chi connectivity index (χ1n) is 13.1. The highest BCUT2D eigenvalue weighted by Gasteiger charge is 2.34. The fourth-order valence-electron chi connectivity index (χ4n) is 4.20. The number of hydrogen-bond acceptors (Lipinski definition) is 4. The normalized spacial score (nSPS) is 12.5. The minimum absolute atomic E-state index is 0.0109. The van der Waals surface area contributed by atoms with Crippen LogP contribution in [0.4, 0.5) is 10.1 Å². The van der Waals surface area contributed by atoms with Gasteiger partial charge >= 0.3 is 0 Å². The maximum Gasteiger partial charge on any atom is 0.264 e. The van der Waals surface area contributed by atoms with Crippen LogP contribution in [0, 0.1) is 26.6 Å². The molecule has 0 heterocycles. The predicted octanol–water partition coefficient (Wildman–Crippen LogP) is 5.28. The molecule has 0 fully saturated rings. The van der Waals surface area contributed by atoms with Crippen molar-refractivity contribution >= 4 is 27.5 Å². The van der Waals surface area contributed by atoms with Gasteiger partial charge in [-0.2, -0.15) is 0 Å². The highest BCUT2D eigenvalue weighted by atomic mass is 32.2. The summed E-state index contributed by atoms with van der Waals surface area (Å²) in [7, 11) is -4.16. The molecule has 0 aliphatic heterocycles. The molecule has 40 heavy (non-hydrogen) atoms. The molecule has 2 amide bonds. The highest BCUT2D eigenvalue weighted by Crippen LogP contribution is 2.29. The molecule has 7 nitrogen and oxygen atoms in total. The minimum atomic E-state index is -4.16. The average molecular weight is 568 g/mol. The lowest BCUT2D eigenvalue weighted by Gasteiger charge is -2.34. The number of halogens is 1. The Morgan fingerprint density at radius 3 is 2.10 bits per heavy atom. The Hall–Kier alpha value is -3.72. The fraction of sp³-hybridized carbons (Fsp3) is 0.355. The summed E-state index contributed by atoms with van der Waals surface area (Å²) in [5.74, 6) is -1.38. The standard InChI is InChI=1S/C31H38FN3O4S/c1-21-11-17-27(18-12-21)40(38,39)35(28-10-8-9-22(2)23(28)3)20-29(36)34(19-25-13-15-26(32)16-14-25)24(4)30(37)33-31(5,6)7/h8-18,24H,19-20H2,1-7H3,(H,33,37)/t24-/m0/s1. The molecule has 3 rings (SSSR count). The van der Waals surface area contributed by atoms with Crippen molar-refractivity contribution in [2.24, 2.45) is 0 Å². The van der Waals surface area contributed by atoms with Crippen molar-refractivity contribution < 1.29 is 22.4 Å². The third-order valence-electron chi connectivity index (χ3n) is 6.66. The molecule has 0 saturated heterocycles.